The van der Waals surface area contributed by atoms with Crippen molar-refractivity contribution in [1.29, 1.82) is 0 Å². The molecule has 0 aromatic heterocycles. The Hall–Kier alpha value is -1.33. The third kappa shape index (κ3) is 2.17. The Morgan fingerprint density at radius 3 is 1.79 bits per heavy atom. The number of para-hydroxylation sites is 2. The summed E-state index contributed by atoms with van der Waals surface area (Å²) >= 11 is 0. The second kappa shape index (κ2) is 5.35. The predicted molar refractivity (Wildman–Crippen MR) is 82.8 cm³/mol. The summed E-state index contributed by atoms with van der Waals surface area (Å²) in [6, 6.07) is 17.0. The third-order valence-electron chi connectivity index (χ3n) is 3.82. The molecule has 19 heavy (non-hydrogen) atoms. The molecule has 0 saturated carbocycles. The second-order valence-electron chi connectivity index (χ2n) is 4.80. The molecule has 3 rings (SSSR count). The van der Waals surface area contributed by atoms with Crippen molar-refractivity contribution >= 4 is 7.92 Å². The first kappa shape index (κ1) is 12.7. The van der Waals surface area contributed by atoms with Gasteiger partial charge in [-0.15, -0.1) is 0 Å². The Morgan fingerprint density at radius 1 is 0.842 bits per heavy atom. The van der Waals surface area contributed by atoms with Crippen LogP contribution in [0.4, 0.5) is 0 Å². The number of fused-ring (bicyclic) bond motifs is 2. The quantitative estimate of drug-likeness (QED) is 0.678. The zero-order chi connectivity index (χ0) is 13.2. The van der Waals surface area contributed by atoms with Gasteiger partial charge in [0.2, 0.25) is 0 Å². The molecule has 1 aliphatic heterocycles. The van der Waals surface area contributed by atoms with Crippen LogP contribution in [0, 0.1) is 0 Å². The van der Waals surface area contributed by atoms with E-state index in [0.717, 1.165) is 11.5 Å². The maximum atomic E-state index is 6.06. The highest BCUT2D eigenvalue weighted by atomic mass is 31.1. The first-order valence-corrected chi connectivity index (χ1v) is 8.73. The summed E-state index contributed by atoms with van der Waals surface area (Å²) in [7, 11) is -0.0276. The van der Waals surface area contributed by atoms with Crippen molar-refractivity contribution in [2.45, 2.75) is 19.5 Å². The summed E-state index contributed by atoms with van der Waals surface area (Å²) in [5.74, 6) is 2.08. The lowest BCUT2D eigenvalue weighted by Crippen LogP contribution is -2.10. The van der Waals surface area contributed by atoms with Gasteiger partial charge in [0.25, 0.3) is 0 Å². The largest absolute Gasteiger partial charge is 0.457 e. The van der Waals surface area contributed by atoms with Crippen LogP contribution >= 0.6 is 7.92 Å². The van der Waals surface area contributed by atoms with Crippen molar-refractivity contribution in [3.05, 3.63) is 59.7 Å². The fourth-order valence-electron chi connectivity index (χ4n) is 2.87. The highest BCUT2D eigenvalue weighted by molar-refractivity contribution is 7.58. The Morgan fingerprint density at radius 2 is 1.32 bits per heavy atom. The van der Waals surface area contributed by atoms with Crippen LogP contribution in [0.2, 0.25) is 0 Å². The first-order chi connectivity index (χ1) is 9.35. The average Bonchev–Trinajstić information content (AvgIpc) is 2.47. The molecule has 2 aromatic rings. The van der Waals surface area contributed by atoms with Gasteiger partial charge in [-0.25, -0.2) is 0 Å². The van der Waals surface area contributed by atoms with E-state index in [0.29, 0.717) is 5.66 Å². The van der Waals surface area contributed by atoms with Gasteiger partial charge in [-0.05, 0) is 24.5 Å². The van der Waals surface area contributed by atoms with E-state index < -0.39 is 0 Å². The first-order valence-electron chi connectivity index (χ1n) is 6.95. The molecule has 0 saturated heterocycles. The van der Waals surface area contributed by atoms with Crippen LogP contribution in [0.1, 0.15) is 30.6 Å². The molecule has 0 spiro atoms. The highest BCUT2D eigenvalue weighted by Gasteiger charge is 2.30. The molecule has 0 N–H and O–H groups in total. The Labute approximate surface area is 116 Å². The zero-order valence-corrected chi connectivity index (χ0v) is 12.4. The van der Waals surface area contributed by atoms with Gasteiger partial charge in [0.1, 0.15) is 11.5 Å². The van der Waals surface area contributed by atoms with Crippen LogP contribution in [0.25, 0.3) is 0 Å². The monoisotopic (exact) mass is 270 g/mol. The molecular weight excluding hydrogens is 251 g/mol. The molecule has 0 aliphatic carbocycles. The normalized spacial score (nSPS) is 13.8. The van der Waals surface area contributed by atoms with Crippen molar-refractivity contribution in [3.8, 4) is 11.5 Å². The van der Waals surface area contributed by atoms with E-state index in [2.05, 4.69) is 62.4 Å². The van der Waals surface area contributed by atoms with Crippen LogP contribution in [-0.4, -0.2) is 12.3 Å². The minimum absolute atomic E-state index is 0.0276. The Bertz CT molecular complexity index is 529. The minimum atomic E-state index is -0.0276. The van der Waals surface area contributed by atoms with Gasteiger partial charge in [-0.1, -0.05) is 58.2 Å². The van der Waals surface area contributed by atoms with Crippen LogP contribution < -0.4 is 4.74 Å². The topological polar surface area (TPSA) is 9.23 Å². The number of hydrogen-bond acceptors (Lipinski definition) is 1. The van der Waals surface area contributed by atoms with Gasteiger partial charge < -0.3 is 4.74 Å². The molecule has 0 unspecified atom stereocenters. The van der Waals surface area contributed by atoms with Gasteiger partial charge in [0.05, 0.1) is 0 Å². The molecule has 1 aliphatic rings. The van der Waals surface area contributed by atoms with Crippen LogP contribution in [-0.2, 0) is 0 Å². The van der Waals surface area contributed by atoms with E-state index in [-0.39, 0.29) is 7.92 Å². The molecular formula is C17H19OP. The molecule has 2 heteroatoms. The van der Waals surface area contributed by atoms with Gasteiger partial charge >= 0.3 is 0 Å². The standard InChI is InChI=1S/C17H19OP/c1-3-19(4-2)17-13-9-5-7-11-15(13)18-16-12-8-6-10-14(16)17/h5-12,17H,3-4H2,1-2H3. The predicted octanol–water partition coefficient (Wildman–Crippen LogP) is 5.40. The summed E-state index contributed by atoms with van der Waals surface area (Å²) < 4.78 is 6.06. The number of hydrogen-bond donors (Lipinski definition) is 0. The number of benzene rings is 2. The van der Waals surface area contributed by atoms with Crippen molar-refractivity contribution in [2.75, 3.05) is 12.3 Å². The molecule has 0 bridgehead atoms. The lowest BCUT2D eigenvalue weighted by atomic mass is 10.00. The van der Waals surface area contributed by atoms with E-state index >= 15 is 0 Å². The maximum Gasteiger partial charge on any atom is 0.131 e. The van der Waals surface area contributed by atoms with Gasteiger partial charge in [-0.2, -0.15) is 0 Å². The molecule has 1 nitrogen and oxygen atoms in total. The van der Waals surface area contributed by atoms with E-state index in [9.17, 15) is 0 Å². The molecule has 1 heterocycles. The van der Waals surface area contributed by atoms with Crippen molar-refractivity contribution in [3.63, 3.8) is 0 Å². The number of ether oxygens (including phenoxy) is 1. The smallest absolute Gasteiger partial charge is 0.131 e. The van der Waals surface area contributed by atoms with E-state index in [1.807, 2.05) is 0 Å². The molecule has 0 radical (unpaired) electrons. The second-order valence-corrected chi connectivity index (χ2v) is 7.76. The van der Waals surface area contributed by atoms with Gasteiger partial charge in [-0.3, -0.25) is 0 Å². The summed E-state index contributed by atoms with van der Waals surface area (Å²) in [5, 5.41) is 0. The van der Waals surface area contributed by atoms with Crippen molar-refractivity contribution in [1.82, 2.24) is 0 Å². The molecule has 98 valence electrons. The van der Waals surface area contributed by atoms with Crippen LogP contribution in [0.3, 0.4) is 0 Å². The maximum absolute atomic E-state index is 6.06. The molecule has 0 amide bonds. The van der Waals surface area contributed by atoms with E-state index in [1.165, 1.54) is 23.5 Å². The average molecular weight is 270 g/mol. The van der Waals surface area contributed by atoms with Crippen LogP contribution in [0.15, 0.2) is 48.5 Å². The Kier molecular flexibility index (Phi) is 3.57. The molecule has 0 atom stereocenters. The summed E-state index contributed by atoms with van der Waals surface area (Å²) in [4.78, 5) is 0. The van der Waals surface area contributed by atoms with Crippen molar-refractivity contribution in [2.24, 2.45) is 0 Å². The SMILES string of the molecule is CCP(CC)C1c2ccccc2Oc2ccccc21. The van der Waals surface area contributed by atoms with Crippen molar-refractivity contribution < 1.29 is 4.74 Å². The molecule has 0 fully saturated rings. The number of rotatable bonds is 3. The van der Waals surface area contributed by atoms with Crippen LogP contribution in [0.5, 0.6) is 11.5 Å². The zero-order valence-electron chi connectivity index (χ0n) is 11.5. The summed E-state index contributed by atoms with van der Waals surface area (Å²) in [5.41, 5.74) is 3.28. The lowest BCUT2D eigenvalue weighted by molar-refractivity contribution is 0.458. The minimum Gasteiger partial charge on any atom is -0.457 e. The third-order valence-corrected chi connectivity index (χ3v) is 6.74. The fraction of sp³-hybridized carbons (Fsp3) is 0.294. The van der Waals surface area contributed by atoms with E-state index in [4.69, 9.17) is 4.74 Å². The Balaban J connectivity index is 2.16. The van der Waals surface area contributed by atoms with Gasteiger partial charge in [0, 0.05) is 16.8 Å². The van der Waals surface area contributed by atoms with Gasteiger partial charge in [0.15, 0.2) is 0 Å². The highest BCUT2D eigenvalue weighted by Crippen LogP contribution is 2.60. The lowest BCUT2D eigenvalue weighted by Gasteiger charge is -2.33. The molecule has 2 aromatic carbocycles. The summed E-state index contributed by atoms with van der Waals surface area (Å²) in [6.45, 7) is 4.63. The summed E-state index contributed by atoms with van der Waals surface area (Å²) in [6.07, 6.45) is 2.53. The fourth-order valence-corrected chi connectivity index (χ4v) is 5.26. The van der Waals surface area contributed by atoms with E-state index in [1.54, 1.807) is 0 Å².